The van der Waals surface area contributed by atoms with Crippen LogP contribution in [0.4, 0.5) is 4.39 Å². The van der Waals surface area contributed by atoms with Gasteiger partial charge in [0.2, 0.25) is 5.91 Å². The van der Waals surface area contributed by atoms with Crippen molar-refractivity contribution in [1.82, 2.24) is 10.6 Å². The van der Waals surface area contributed by atoms with Crippen molar-refractivity contribution in [3.63, 3.8) is 0 Å². The third kappa shape index (κ3) is 5.38. The Balaban J connectivity index is 1.73. The quantitative estimate of drug-likeness (QED) is 0.853. The van der Waals surface area contributed by atoms with Crippen LogP contribution < -0.4 is 10.6 Å². The average Bonchev–Trinajstić information content (AvgIpc) is 2.53. The van der Waals surface area contributed by atoms with E-state index in [2.05, 4.69) is 10.6 Å². The van der Waals surface area contributed by atoms with Crippen LogP contribution in [0.1, 0.15) is 15.9 Å². The molecule has 0 unspecified atom stereocenters. The van der Waals surface area contributed by atoms with Gasteiger partial charge >= 0.3 is 0 Å². The molecule has 0 saturated carbocycles. The van der Waals surface area contributed by atoms with E-state index in [-0.39, 0.29) is 18.0 Å². The lowest BCUT2D eigenvalue weighted by molar-refractivity contribution is -0.120. The Bertz CT molecular complexity index is 706. The summed E-state index contributed by atoms with van der Waals surface area (Å²) >= 11 is 5.88. The standard InChI is InChI=1S/C17H16ClFN2O2/c18-13-5-3-4-12(10-13)8-9-20-16(22)11-21-17(23)14-6-1-2-7-15(14)19/h1-7,10H,8-9,11H2,(H,20,22)(H,21,23). The van der Waals surface area contributed by atoms with Gasteiger partial charge in [-0.05, 0) is 36.2 Å². The second-order valence-corrected chi connectivity index (χ2v) is 5.33. The molecule has 0 atom stereocenters. The van der Waals surface area contributed by atoms with E-state index >= 15 is 0 Å². The zero-order chi connectivity index (χ0) is 16.7. The fourth-order valence-electron chi connectivity index (χ4n) is 2.00. The Hall–Kier alpha value is -2.40. The van der Waals surface area contributed by atoms with Crippen molar-refractivity contribution >= 4 is 23.4 Å². The number of carbonyl (C=O) groups excluding carboxylic acids is 2. The van der Waals surface area contributed by atoms with Gasteiger partial charge in [0.05, 0.1) is 12.1 Å². The van der Waals surface area contributed by atoms with Gasteiger partial charge in [0.1, 0.15) is 5.82 Å². The molecule has 0 radical (unpaired) electrons. The first-order valence-electron chi connectivity index (χ1n) is 7.10. The summed E-state index contributed by atoms with van der Waals surface area (Å²) in [5.74, 6) is -1.57. The molecule has 2 amide bonds. The highest BCUT2D eigenvalue weighted by Gasteiger charge is 2.11. The first kappa shape index (κ1) is 17.0. The largest absolute Gasteiger partial charge is 0.354 e. The molecule has 2 aromatic carbocycles. The van der Waals surface area contributed by atoms with Crippen LogP contribution in [0.2, 0.25) is 5.02 Å². The van der Waals surface area contributed by atoms with Crippen molar-refractivity contribution in [3.8, 4) is 0 Å². The van der Waals surface area contributed by atoms with Gasteiger partial charge in [0, 0.05) is 11.6 Å². The predicted molar refractivity (Wildman–Crippen MR) is 86.9 cm³/mol. The average molecular weight is 335 g/mol. The molecule has 0 spiro atoms. The van der Waals surface area contributed by atoms with Crippen molar-refractivity contribution in [3.05, 3.63) is 70.5 Å². The molecule has 6 heteroatoms. The summed E-state index contributed by atoms with van der Waals surface area (Å²) in [7, 11) is 0. The topological polar surface area (TPSA) is 58.2 Å². The molecule has 2 N–H and O–H groups in total. The number of halogens is 2. The number of hydrogen-bond acceptors (Lipinski definition) is 2. The van der Waals surface area contributed by atoms with Crippen LogP contribution in [0.3, 0.4) is 0 Å². The van der Waals surface area contributed by atoms with Crippen LogP contribution in [-0.4, -0.2) is 24.9 Å². The van der Waals surface area contributed by atoms with Crippen molar-refractivity contribution < 1.29 is 14.0 Å². The minimum Gasteiger partial charge on any atom is -0.354 e. The maximum Gasteiger partial charge on any atom is 0.254 e. The lowest BCUT2D eigenvalue weighted by Crippen LogP contribution is -2.37. The van der Waals surface area contributed by atoms with Crippen molar-refractivity contribution in [2.75, 3.05) is 13.1 Å². The van der Waals surface area contributed by atoms with Gasteiger partial charge < -0.3 is 10.6 Å². The van der Waals surface area contributed by atoms with Gasteiger partial charge in [-0.25, -0.2) is 4.39 Å². The number of hydrogen-bond donors (Lipinski definition) is 2. The maximum absolute atomic E-state index is 13.4. The SMILES string of the molecule is O=C(CNC(=O)c1ccccc1F)NCCc1cccc(Cl)c1. The van der Waals surface area contributed by atoms with Gasteiger partial charge in [-0.1, -0.05) is 35.9 Å². The molecule has 23 heavy (non-hydrogen) atoms. The predicted octanol–water partition coefficient (Wildman–Crippen LogP) is 2.57. The number of nitrogens with one attached hydrogen (secondary N) is 2. The summed E-state index contributed by atoms with van der Waals surface area (Å²) < 4.78 is 13.4. The highest BCUT2D eigenvalue weighted by atomic mass is 35.5. The van der Waals surface area contributed by atoms with Crippen LogP contribution in [0.5, 0.6) is 0 Å². The maximum atomic E-state index is 13.4. The minimum absolute atomic E-state index is 0.0840. The molecule has 0 bridgehead atoms. The van der Waals surface area contributed by atoms with E-state index < -0.39 is 11.7 Å². The van der Waals surface area contributed by atoms with Crippen LogP contribution in [0, 0.1) is 5.82 Å². The molecule has 0 aliphatic carbocycles. The van der Waals surface area contributed by atoms with Gasteiger partial charge in [-0.2, -0.15) is 0 Å². The molecule has 120 valence electrons. The van der Waals surface area contributed by atoms with E-state index in [1.807, 2.05) is 18.2 Å². The number of amides is 2. The minimum atomic E-state index is -0.619. The summed E-state index contributed by atoms with van der Waals surface area (Å²) in [6.07, 6.45) is 0.632. The molecule has 2 rings (SSSR count). The zero-order valence-corrected chi connectivity index (χ0v) is 13.1. The van der Waals surface area contributed by atoms with Crippen molar-refractivity contribution in [1.29, 1.82) is 0 Å². The molecular weight excluding hydrogens is 319 g/mol. The normalized spacial score (nSPS) is 10.2. The molecule has 0 fully saturated rings. The Kier molecular flexibility index (Phi) is 6.11. The molecule has 2 aromatic rings. The van der Waals surface area contributed by atoms with E-state index in [0.717, 1.165) is 5.56 Å². The number of benzene rings is 2. The van der Waals surface area contributed by atoms with E-state index in [1.165, 1.54) is 18.2 Å². The first-order valence-corrected chi connectivity index (χ1v) is 7.48. The lowest BCUT2D eigenvalue weighted by Gasteiger charge is -2.08. The van der Waals surface area contributed by atoms with Crippen LogP contribution in [0.25, 0.3) is 0 Å². The monoisotopic (exact) mass is 334 g/mol. The Morgan fingerprint density at radius 3 is 2.57 bits per heavy atom. The Morgan fingerprint density at radius 2 is 1.83 bits per heavy atom. The molecule has 0 heterocycles. The number of rotatable bonds is 6. The van der Waals surface area contributed by atoms with E-state index in [4.69, 9.17) is 11.6 Å². The van der Waals surface area contributed by atoms with E-state index in [9.17, 15) is 14.0 Å². The smallest absolute Gasteiger partial charge is 0.254 e. The van der Waals surface area contributed by atoms with Gasteiger partial charge in [0.25, 0.3) is 5.91 Å². The summed E-state index contributed by atoms with van der Waals surface area (Å²) in [4.78, 5) is 23.4. The molecule has 0 aromatic heterocycles. The Labute approximate surface area is 138 Å². The third-order valence-electron chi connectivity index (χ3n) is 3.15. The summed E-state index contributed by atoms with van der Waals surface area (Å²) in [6.45, 7) is 0.220. The molecule has 4 nitrogen and oxygen atoms in total. The third-order valence-corrected chi connectivity index (χ3v) is 3.39. The van der Waals surface area contributed by atoms with Gasteiger partial charge in [-0.3, -0.25) is 9.59 Å². The Morgan fingerprint density at radius 1 is 1.04 bits per heavy atom. The molecular formula is C17H16ClFN2O2. The van der Waals surface area contributed by atoms with Crippen LogP contribution >= 0.6 is 11.6 Å². The number of carbonyl (C=O) groups is 2. The van der Waals surface area contributed by atoms with Crippen molar-refractivity contribution in [2.45, 2.75) is 6.42 Å². The summed E-state index contributed by atoms with van der Waals surface area (Å²) in [6, 6.07) is 13.0. The van der Waals surface area contributed by atoms with Gasteiger partial charge in [-0.15, -0.1) is 0 Å². The van der Waals surface area contributed by atoms with Crippen LogP contribution in [-0.2, 0) is 11.2 Å². The van der Waals surface area contributed by atoms with E-state index in [1.54, 1.807) is 12.1 Å². The first-order chi connectivity index (χ1) is 11.1. The molecule has 0 saturated heterocycles. The van der Waals surface area contributed by atoms with Gasteiger partial charge in [0.15, 0.2) is 0 Å². The zero-order valence-electron chi connectivity index (χ0n) is 12.3. The molecule has 0 aliphatic heterocycles. The van der Waals surface area contributed by atoms with Crippen LogP contribution in [0.15, 0.2) is 48.5 Å². The fraction of sp³-hybridized carbons (Fsp3) is 0.176. The highest BCUT2D eigenvalue weighted by molar-refractivity contribution is 6.30. The fourth-order valence-corrected chi connectivity index (χ4v) is 2.22. The second-order valence-electron chi connectivity index (χ2n) is 4.89. The molecule has 0 aliphatic rings. The lowest BCUT2D eigenvalue weighted by atomic mass is 10.1. The second kappa shape index (κ2) is 8.29. The summed E-state index contributed by atoms with van der Waals surface area (Å²) in [5.41, 5.74) is 0.924. The highest BCUT2D eigenvalue weighted by Crippen LogP contribution is 2.10. The van der Waals surface area contributed by atoms with E-state index in [0.29, 0.717) is 18.0 Å². The van der Waals surface area contributed by atoms with Crippen molar-refractivity contribution in [2.24, 2.45) is 0 Å². The summed E-state index contributed by atoms with van der Waals surface area (Å²) in [5, 5.41) is 5.71.